The molecule has 1 heterocycles. The van der Waals surface area contributed by atoms with Crippen LogP contribution < -0.4 is 10.6 Å². The molecule has 0 radical (unpaired) electrons. The number of thiocarbonyl (C=S) groups is 1. The Bertz CT molecular complexity index is 661. The second-order valence-electron chi connectivity index (χ2n) is 5.34. The number of hydrogen-bond acceptors (Lipinski definition) is 4. The number of aryl methyl sites for hydroxylation is 1. The van der Waals surface area contributed by atoms with Crippen molar-refractivity contribution in [3.05, 3.63) is 46.4 Å². The number of carbonyl (C=O) groups excluding carboxylic acids is 1. The van der Waals surface area contributed by atoms with Gasteiger partial charge in [-0.25, -0.2) is 9.18 Å². The molecule has 0 spiro atoms. The van der Waals surface area contributed by atoms with E-state index in [1.165, 1.54) is 6.07 Å². The Morgan fingerprint density at radius 1 is 1.43 bits per heavy atom. The number of aliphatic hydroxyl groups excluding tert-OH is 1. The van der Waals surface area contributed by atoms with E-state index in [0.717, 1.165) is 5.56 Å². The maximum Gasteiger partial charge on any atom is 0.337 e. The largest absolute Gasteiger partial charge is 0.462 e. The van der Waals surface area contributed by atoms with Gasteiger partial charge in [-0.05, 0) is 43.3 Å². The summed E-state index contributed by atoms with van der Waals surface area (Å²) in [5.41, 5.74) is 2.34. The lowest BCUT2D eigenvalue weighted by molar-refractivity contribution is -0.139. The number of nitrogens with one attached hydrogen (secondary N) is 2. The molecule has 2 rings (SSSR count). The summed E-state index contributed by atoms with van der Waals surface area (Å²) in [6.45, 7) is 3.30. The van der Waals surface area contributed by atoms with Gasteiger partial charge in [0.1, 0.15) is 5.82 Å². The number of halogens is 1. The summed E-state index contributed by atoms with van der Waals surface area (Å²) in [6, 6.07) is 4.21. The van der Waals surface area contributed by atoms with Crippen LogP contribution in [0.15, 0.2) is 29.5 Å². The average Bonchev–Trinajstić information content (AvgIpc) is 2.49. The molecule has 1 atom stereocenters. The second-order valence-corrected chi connectivity index (χ2v) is 5.75. The highest BCUT2D eigenvalue weighted by Crippen LogP contribution is 2.15. The van der Waals surface area contributed by atoms with Crippen LogP contribution in [0.3, 0.4) is 0 Å². The summed E-state index contributed by atoms with van der Waals surface area (Å²) >= 11 is 4.99. The first-order valence-corrected chi connectivity index (χ1v) is 7.64. The highest BCUT2D eigenvalue weighted by Gasteiger charge is 2.28. The van der Waals surface area contributed by atoms with E-state index in [4.69, 9.17) is 17.0 Å². The molecule has 0 saturated carbocycles. The van der Waals surface area contributed by atoms with Gasteiger partial charge in [-0.2, -0.15) is 0 Å². The number of ether oxygens (including phenoxy) is 1. The third-order valence-electron chi connectivity index (χ3n) is 3.61. The third kappa shape index (κ3) is 4.27. The van der Waals surface area contributed by atoms with Gasteiger partial charge in [0.25, 0.3) is 0 Å². The Morgan fingerprint density at radius 2 is 2.17 bits per heavy atom. The zero-order chi connectivity index (χ0) is 17.0. The molecular weight excluding hydrogens is 319 g/mol. The van der Waals surface area contributed by atoms with E-state index in [1.807, 2.05) is 0 Å². The zero-order valence-electron chi connectivity index (χ0n) is 13.0. The maximum absolute atomic E-state index is 13.2. The molecule has 0 amide bonds. The molecule has 1 aromatic rings. The summed E-state index contributed by atoms with van der Waals surface area (Å²) in [4.78, 5) is 12.2. The zero-order valence-corrected chi connectivity index (χ0v) is 13.8. The molecule has 124 valence electrons. The fourth-order valence-corrected chi connectivity index (χ4v) is 2.69. The lowest BCUT2D eigenvalue weighted by atomic mass is 10.0. The number of hydrogen-bond donors (Lipinski definition) is 3. The molecule has 7 heteroatoms. The van der Waals surface area contributed by atoms with E-state index < -0.39 is 12.0 Å². The van der Waals surface area contributed by atoms with Crippen LogP contribution >= 0.6 is 12.2 Å². The summed E-state index contributed by atoms with van der Waals surface area (Å²) in [7, 11) is 0. The number of allylic oxidation sites excluding steroid dienone is 1. The molecule has 5 nitrogen and oxygen atoms in total. The van der Waals surface area contributed by atoms with Crippen molar-refractivity contribution in [2.45, 2.75) is 26.3 Å². The van der Waals surface area contributed by atoms with Crippen molar-refractivity contribution in [2.75, 3.05) is 13.2 Å². The van der Waals surface area contributed by atoms with Crippen LogP contribution in [0.2, 0.25) is 0 Å². The summed E-state index contributed by atoms with van der Waals surface area (Å²) in [5.74, 6) is -0.768. The van der Waals surface area contributed by atoms with E-state index in [9.17, 15) is 14.3 Å². The molecule has 1 aromatic carbocycles. The minimum Gasteiger partial charge on any atom is -0.462 e. The second kappa shape index (κ2) is 7.52. The van der Waals surface area contributed by atoms with Gasteiger partial charge in [-0.15, -0.1) is 0 Å². The highest BCUT2D eigenvalue weighted by atomic mass is 32.1. The van der Waals surface area contributed by atoms with Gasteiger partial charge in [-0.1, -0.05) is 12.1 Å². The monoisotopic (exact) mass is 338 g/mol. The summed E-state index contributed by atoms with van der Waals surface area (Å²) in [6.07, 6.45) is 0.488. The van der Waals surface area contributed by atoms with Gasteiger partial charge < -0.3 is 20.5 Å². The van der Waals surface area contributed by atoms with E-state index >= 15 is 0 Å². The Labute approximate surface area is 139 Å². The normalized spacial score (nSPS) is 17.6. The van der Waals surface area contributed by atoms with E-state index in [-0.39, 0.29) is 19.0 Å². The van der Waals surface area contributed by atoms with E-state index in [0.29, 0.717) is 28.4 Å². The quantitative estimate of drug-likeness (QED) is 0.556. The smallest absolute Gasteiger partial charge is 0.337 e. The number of rotatable bonds is 5. The van der Waals surface area contributed by atoms with Crippen LogP contribution in [-0.2, 0) is 16.0 Å². The maximum atomic E-state index is 13.2. The Kier molecular flexibility index (Phi) is 5.68. The first-order chi connectivity index (χ1) is 10.9. The average molecular weight is 338 g/mol. The van der Waals surface area contributed by atoms with Gasteiger partial charge in [0.05, 0.1) is 24.8 Å². The van der Waals surface area contributed by atoms with Crippen molar-refractivity contribution in [3.8, 4) is 0 Å². The fraction of sp³-hybridized carbons (Fsp3) is 0.375. The van der Waals surface area contributed by atoms with Crippen molar-refractivity contribution in [3.63, 3.8) is 0 Å². The summed E-state index contributed by atoms with van der Waals surface area (Å²) < 4.78 is 18.5. The van der Waals surface area contributed by atoms with E-state index in [1.54, 1.807) is 26.0 Å². The molecule has 0 bridgehead atoms. The van der Waals surface area contributed by atoms with Gasteiger partial charge in [0.15, 0.2) is 5.11 Å². The van der Waals surface area contributed by atoms with E-state index in [2.05, 4.69) is 10.6 Å². The minimum absolute atomic E-state index is 0.170. The van der Waals surface area contributed by atoms with Crippen molar-refractivity contribution in [2.24, 2.45) is 0 Å². The lowest BCUT2D eigenvalue weighted by Gasteiger charge is -2.28. The van der Waals surface area contributed by atoms with Crippen LogP contribution in [0.1, 0.15) is 18.1 Å². The Morgan fingerprint density at radius 3 is 2.83 bits per heavy atom. The van der Waals surface area contributed by atoms with Gasteiger partial charge in [0, 0.05) is 12.1 Å². The predicted molar refractivity (Wildman–Crippen MR) is 88.2 cm³/mol. The van der Waals surface area contributed by atoms with Crippen LogP contribution in [0.5, 0.6) is 0 Å². The molecule has 0 aromatic heterocycles. The molecule has 3 N–H and O–H groups in total. The van der Waals surface area contributed by atoms with Crippen LogP contribution in [0, 0.1) is 12.7 Å². The van der Waals surface area contributed by atoms with Crippen LogP contribution in [0.25, 0.3) is 0 Å². The number of benzene rings is 1. The number of carbonyl (C=O) groups is 1. The minimum atomic E-state index is -0.579. The molecule has 0 fully saturated rings. The first-order valence-electron chi connectivity index (χ1n) is 7.23. The van der Waals surface area contributed by atoms with Crippen molar-refractivity contribution >= 4 is 23.3 Å². The summed E-state index contributed by atoms with van der Waals surface area (Å²) in [5, 5.41) is 15.4. The third-order valence-corrected chi connectivity index (χ3v) is 3.83. The standard InChI is InChI=1S/C16H19FN2O3S/c1-9-7-11(3-4-12(9)17)5-6-22-15(21)14-10(2)18-16(23)19-13(14)8-20/h3-4,7,13,20H,5-6,8H2,1-2H3,(H2,18,19,23). The lowest BCUT2D eigenvalue weighted by Crippen LogP contribution is -2.51. The topological polar surface area (TPSA) is 70.6 Å². The van der Waals surface area contributed by atoms with Gasteiger partial charge in [0.2, 0.25) is 0 Å². The van der Waals surface area contributed by atoms with Crippen LogP contribution in [0.4, 0.5) is 4.39 Å². The molecule has 1 unspecified atom stereocenters. The molecule has 0 saturated heterocycles. The Hall–Kier alpha value is -1.99. The van der Waals surface area contributed by atoms with Crippen molar-refractivity contribution in [1.82, 2.24) is 10.6 Å². The number of esters is 1. The van der Waals surface area contributed by atoms with Crippen molar-refractivity contribution < 1.29 is 19.0 Å². The molecule has 0 aliphatic carbocycles. The molecule has 23 heavy (non-hydrogen) atoms. The molecular formula is C16H19FN2O3S. The first kappa shape index (κ1) is 17.4. The highest BCUT2D eigenvalue weighted by molar-refractivity contribution is 7.80. The molecule has 1 aliphatic heterocycles. The number of aliphatic hydroxyl groups is 1. The predicted octanol–water partition coefficient (Wildman–Crippen LogP) is 1.33. The van der Waals surface area contributed by atoms with Crippen LogP contribution in [-0.4, -0.2) is 35.4 Å². The Balaban J connectivity index is 1.97. The SMILES string of the molecule is CC1=C(C(=O)OCCc2ccc(F)c(C)c2)C(CO)NC(=S)N1. The van der Waals surface area contributed by atoms with Crippen molar-refractivity contribution in [1.29, 1.82) is 0 Å². The fourth-order valence-electron chi connectivity index (χ4n) is 2.40. The van der Waals surface area contributed by atoms with Gasteiger partial charge in [-0.3, -0.25) is 0 Å². The van der Waals surface area contributed by atoms with Gasteiger partial charge >= 0.3 is 5.97 Å². The molecule has 1 aliphatic rings.